The van der Waals surface area contributed by atoms with E-state index in [0.29, 0.717) is 16.3 Å². The van der Waals surface area contributed by atoms with Crippen molar-refractivity contribution in [2.75, 3.05) is 20.2 Å². The number of methoxy groups -OCH3 is 1. The lowest BCUT2D eigenvalue weighted by molar-refractivity contribution is -0.178. The number of pyridine rings is 1. The van der Waals surface area contributed by atoms with Crippen LogP contribution < -0.4 is 15.4 Å². The number of benzene rings is 2. The summed E-state index contributed by atoms with van der Waals surface area (Å²) in [5.74, 6) is -11.1. The summed E-state index contributed by atoms with van der Waals surface area (Å²) >= 11 is 6.20. The number of carbonyl (C=O) groups is 4. The Hall–Kier alpha value is -4.67. The normalized spacial score (nSPS) is 17.7. The van der Waals surface area contributed by atoms with Gasteiger partial charge >= 0.3 is 12.1 Å². The molecule has 55 heavy (non-hydrogen) atoms. The lowest BCUT2D eigenvalue weighted by Crippen LogP contribution is -2.55. The molecule has 0 bridgehead atoms. The van der Waals surface area contributed by atoms with E-state index in [-0.39, 0.29) is 31.7 Å². The lowest BCUT2D eigenvalue weighted by Gasteiger charge is -2.33. The summed E-state index contributed by atoms with van der Waals surface area (Å²) in [6.45, 7) is 0.660. The zero-order chi connectivity index (χ0) is 40.5. The first-order chi connectivity index (χ1) is 25.9. The summed E-state index contributed by atoms with van der Waals surface area (Å²) in [7, 11) is 1.51. The summed E-state index contributed by atoms with van der Waals surface area (Å²) in [5, 5.41) is 14.9. The van der Waals surface area contributed by atoms with Crippen molar-refractivity contribution in [2.45, 2.75) is 76.1 Å². The molecule has 3 amide bonds. The Bertz CT molecular complexity index is 1780. The predicted molar refractivity (Wildman–Crippen MR) is 190 cm³/mol. The number of aliphatic hydroxyl groups excluding tert-OH is 1. The fraction of sp³-hybridized carbons (Fsp3) is 0.447. The largest absolute Gasteiger partial charge is 0.497 e. The second-order valence-corrected chi connectivity index (χ2v) is 14.0. The minimum absolute atomic E-state index is 0.00936. The molecule has 17 heteroatoms. The van der Waals surface area contributed by atoms with Gasteiger partial charge in [-0.3, -0.25) is 24.2 Å². The van der Waals surface area contributed by atoms with Crippen molar-refractivity contribution in [3.63, 3.8) is 0 Å². The van der Waals surface area contributed by atoms with Gasteiger partial charge in [0.1, 0.15) is 30.1 Å². The van der Waals surface area contributed by atoms with E-state index in [9.17, 15) is 37.5 Å². The van der Waals surface area contributed by atoms with Crippen LogP contribution in [-0.2, 0) is 32.1 Å². The molecule has 0 aliphatic carbocycles. The van der Waals surface area contributed by atoms with Gasteiger partial charge < -0.3 is 30.1 Å². The van der Waals surface area contributed by atoms with Crippen LogP contribution in [0.3, 0.4) is 0 Å². The highest BCUT2D eigenvalue weighted by Crippen LogP contribution is 2.34. The molecule has 1 aliphatic rings. The number of hydrogen-bond donors (Lipinski definition) is 3. The zero-order valence-electron chi connectivity index (χ0n) is 30.2. The van der Waals surface area contributed by atoms with Gasteiger partial charge in [0.05, 0.1) is 25.9 Å². The summed E-state index contributed by atoms with van der Waals surface area (Å²) < 4.78 is 79.5. The summed E-state index contributed by atoms with van der Waals surface area (Å²) in [5.41, 5.74) is 1.31. The minimum atomic E-state index is -4.99. The topological polar surface area (TPSA) is 147 Å². The SMILES string of the molecule is COc1ccc(CO[C@@H]2C[C@@H](C(=O)C[C@@H](C(C)C)[C@@H](O)C(F)(F)C(=O)NCC(F)(F)F)N(C(=O)[C@H](Cc3cccc(Cl)c3)NC(=O)c3ccccn3)C2)cc1. The fourth-order valence-electron chi connectivity index (χ4n) is 6.21. The van der Waals surface area contributed by atoms with Gasteiger partial charge in [0.25, 0.3) is 11.8 Å². The molecule has 1 fully saturated rings. The molecule has 298 valence electrons. The van der Waals surface area contributed by atoms with E-state index in [0.717, 1.165) is 10.9 Å². The van der Waals surface area contributed by atoms with Crippen molar-refractivity contribution in [2.24, 2.45) is 11.8 Å². The van der Waals surface area contributed by atoms with E-state index in [1.165, 1.54) is 38.1 Å². The van der Waals surface area contributed by atoms with Crippen molar-refractivity contribution in [3.05, 3.63) is 94.8 Å². The number of rotatable bonds is 17. The Morgan fingerprint density at radius 1 is 1.00 bits per heavy atom. The highest BCUT2D eigenvalue weighted by Gasteiger charge is 2.52. The quantitative estimate of drug-likeness (QED) is 0.159. The maximum Gasteiger partial charge on any atom is 0.405 e. The molecule has 3 aromatic rings. The smallest absolute Gasteiger partial charge is 0.405 e. The Labute approximate surface area is 319 Å². The second-order valence-electron chi connectivity index (χ2n) is 13.5. The number of halogens is 6. The van der Waals surface area contributed by atoms with Crippen LogP contribution in [0.25, 0.3) is 0 Å². The number of Topliss-reactive ketones (excluding diaryl/α,β-unsaturated/α-hetero) is 1. The van der Waals surface area contributed by atoms with E-state index in [4.69, 9.17) is 21.1 Å². The number of aromatic nitrogens is 1. The average molecular weight is 797 g/mol. The number of nitrogens with one attached hydrogen (secondary N) is 2. The molecule has 2 heterocycles. The maximum absolute atomic E-state index is 15.1. The van der Waals surface area contributed by atoms with Crippen LogP contribution in [0.4, 0.5) is 22.0 Å². The second kappa shape index (κ2) is 18.8. The number of ether oxygens (including phenoxy) is 2. The van der Waals surface area contributed by atoms with Gasteiger partial charge in [0.15, 0.2) is 5.78 Å². The van der Waals surface area contributed by atoms with Crippen LogP contribution in [-0.4, -0.2) is 95.1 Å². The number of carbonyl (C=O) groups excluding carboxylic acids is 4. The first kappa shape index (κ1) is 43.1. The molecule has 0 radical (unpaired) electrons. The molecule has 5 atom stereocenters. The molecular weight excluding hydrogens is 755 g/mol. The van der Waals surface area contributed by atoms with Crippen LogP contribution in [0, 0.1) is 11.8 Å². The van der Waals surface area contributed by atoms with Crippen LogP contribution in [0.5, 0.6) is 5.75 Å². The van der Waals surface area contributed by atoms with E-state index >= 15 is 8.78 Å². The molecule has 0 saturated carbocycles. The molecule has 2 aromatic carbocycles. The van der Waals surface area contributed by atoms with Gasteiger partial charge in [-0.25, -0.2) is 0 Å². The van der Waals surface area contributed by atoms with Crippen LogP contribution in [0.2, 0.25) is 5.02 Å². The number of hydrogen-bond acceptors (Lipinski definition) is 8. The van der Waals surface area contributed by atoms with E-state index < -0.39 is 84.7 Å². The van der Waals surface area contributed by atoms with Crippen molar-refractivity contribution in [1.29, 1.82) is 0 Å². The first-order valence-corrected chi connectivity index (χ1v) is 17.7. The molecule has 1 aliphatic heterocycles. The third-order valence-corrected chi connectivity index (χ3v) is 9.45. The summed E-state index contributed by atoms with van der Waals surface area (Å²) in [4.78, 5) is 59.3. The maximum atomic E-state index is 15.1. The van der Waals surface area contributed by atoms with Crippen LogP contribution in [0.1, 0.15) is 48.3 Å². The molecule has 0 unspecified atom stereocenters. The van der Waals surface area contributed by atoms with Crippen molar-refractivity contribution in [1.82, 2.24) is 20.5 Å². The van der Waals surface area contributed by atoms with Gasteiger partial charge in [-0.15, -0.1) is 0 Å². The zero-order valence-corrected chi connectivity index (χ0v) is 30.9. The monoisotopic (exact) mass is 796 g/mol. The van der Waals surface area contributed by atoms with Crippen molar-refractivity contribution in [3.8, 4) is 5.75 Å². The third-order valence-electron chi connectivity index (χ3n) is 9.21. The molecule has 4 rings (SSSR count). The van der Waals surface area contributed by atoms with Crippen molar-refractivity contribution >= 4 is 35.1 Å². The molecular formula is C38H42ClF5N4O7. The Kier molecular flexibility index (Phi) is 14.7. The Balaban J connectivity index is 1.63. The van der Waals surface area contributed by atoms with E-state index in [1.807, 2.05) is 0 Å². The van der Waals surface area contributed by atoms with Gasteiger partial charge in [0, 0.05) is 42.9 Å². The molecule has 0 spiro atoms. The van der Waals surface area contributed by atoms with Crippen LogP contribution in [0.15, 0.2) is 72.9 Å². The third kappa shape index (κ3) is 11.9. The number of nitrogens with zero attached hydrogens (tertiary/aromatic N) is 2. The standard InChI is InChI=1S/C38H42ClF5N4O7/c1-22(2)28(33(50)38(43,44)36(53)46-21-37(40,41)42)18-32(49)31-17-27(55-20-23-10-12-26(54-3)13-11-23)19-48(31)35(52)30(16-24-7-6-8-25(39)15-24)47-34(51)29-9-4-5-14-45-29/h4-15,22,27-28,30-31,33,50H,16-21H2,1-3H3,(H,46,53)(H,47,51)/t27-,28+,30+,31+,33-/m1/s1. The van der Waals surface area contributed by atoms with Crippen molar-refractivity contribution < 1.29 is 55.7 Å². The number of aliphatic hydroxyl groups is 1. The lowest BCUT2D eigenvalue weighted by atomic mass is 9.81. The van der Waals surface area contributed by atoms with E-state index in [1.54, 1.807) is 60.7 Å². The molecule has 1 aromatic heterocycles. The average Bonchev–Trinajstić information content (AvgIpc) is 3.58. The van der Waals surface area contributed by atoms with E-state index in [2.05, 4.69) is 10.3 Å². The first-order valence-electron chi connectivity index (χ1n) is 17.3. The molecule has 11 nitrogen and oxygen atoms in total. The molecule has 1 saturated heterocycles. The Morgan fingerprint density at radius 2 is 1.71 bits per heavy atom. The molecule has 3 N–H and O–H groups in total. The predicted octanol–water partition coefficient (Wildman–Crippen LogP) is 5.18. The summed E-state index contributed by atoms with van der Waals surface area (Å²) in [6.07, 6.45) is -8.15. The minimum Gasteiger partial charge on any atom is -0.497 e. The number of likely N-dealkylation sites (tertiary alicyclic amines) is 1. The van der Waals surface area contributed by atoms with Gasteiger partial charge in [0.2, 0.25) is 5.91 Å². The number of amides is 3. The summed E-state index contributed by atoms with van der Waals surface area (Å²) in [6, 6.07) is 15.6. The van der Waals surface area contributed by atoms with Crippen LogP contribution >= 0.6 is 11.6 Å². The highest BCUT2D eigenvalue weighted by molar-refractivity contribution is 6.30. The van der Waals surface area contributed by atoms with Gasteiger partial charge in [-0.1, -0.05) is 55.8 Å². The van der Waals surface area contributed by atoms with Gasteiger partial charge in [-0.05, 0) is 53.4 Å². The Morgan fingerprint density at radius 3 is 2.31 bits per heavy atom. The fourth-order valence-corrected chi connectivity index (χ4v) is 6.43. The van der Waals surface area contributed by atoms with Gasteiger partial charge in [-0.2, -0.15) is 22.0 Å². The number of ketones is 1. The number of alkyl halides is 5. The highest BCUT2D eigenvalue weighted by atomic mass is 35.5.